The molecule has 8 heteroatoms. The minimum Gasteiger partial charge on any atom is -0.497 e. The summed E-state index contributed by atoms with van der Waals surface area (Å²) in [6, 6.07) is 15.3. The molecule has 0 spiro atoms. The number of amides is 1. The van der Waals surface area contributed by atoms with Crippen molar-refractivity contribution in [2.24, 2.45) is 0 Å². The van der Waals surface area contributed by atoms with Crippen LogP contribution < -0.4 is 4.74 Å². The van der Waals surface area contributed by atoms with Gasteiger partial charge in [0.05, 0.1) is 7.11 Å². The van der Waals surface area contributed by atoms with E-state index in [4.69, 9.17) is 16.3 Å². The third-order valence-corrected chi connectivity index (χ3v) is 4.87. The highest BCUT2D eigenvalue weighted by atomic mass is 35.5. The minimum absolute atomic E-state index is 0.0200. The van der Waals surface area contributed by atoms with Gasteiger partial charge in [-0.2, -0.15) is 4.80 Å². The Hall–Kier alpha value is -2.93. The number of ether oxygens (including phenoxy) is 1. The van der Waals surface area contributed by atoms with Crippen molar-refractivity contribution < 1.29 is 9.53 Å². The van der Waals surface area contributed by atoms with Gasteiger partial charge in [0.25, 0.3) is 0 Å². The molecule has 4 rings (SSSR count). The van der Waals surface area contributed by atoms with E-state index in [1.165, 1.54) is 4.80 Å². The summed E-state index contributed by atoms with van der Waals surface area (Å²) in [5.74, 6) is 1.23. The monoisotopic (exact) mass is 397 g/mol. The number of tetrazole rings is 1. The molecule has 0 N–H and O–H groups in total. The molecule has 0 saturated heterocycles. The van der Waals surface area contributed by atoms with Gasteiger partial charge in [0, 0.05) is 23.2 Å². The van der Waals surface area contributed by atoms with Crippen LogP contribution >= 0.6 is 11.6 Å². The van der Waals surface area contributed by atoms with Gasteiger partial charge in [0.1, 0.15) is 12.3 Å². The first-order valence-corrected chi connectivity index (χ1v) is 9.46. The summed E-state index contributed by atoms with van der Waals surface area (Å²) < 4.78 is 5.19. The van der Waals surface area contributed by atoms with Gasteiger partial charge in [-0.1, -0.05) is 35.9 Å². The molecule has 3 aromatic rings. The van der Waals surface area contributed by atoms with Crippen LogP contribution in [0.15, 0.2) is 48.5 Å². The lowest BCUT2D eigenvalue weighted by Gasteiger charge is -2.22. The minimum atomic E-state index is -0.0200. The fourth-order valence-electron chi connectivity index (χ4n) is 3.00. The Morgan fingerprint density at radius 1 is 1.25 bits per heavy atom. The van der Waals surface area contributed by atoms with Crippen molar-refractivity contribution in [3.63, 3.8) is 0 Å². The molecule has 144 valence electrons. The van der Waals surface area contributed by atoms with Crippen molar-refractivity contribution in [3.8, 4) is 17.1 Å². The van der Waals surface area contributed by atoms with Crippen molar-refractivity contribution in [2.45, 2.75) is 32.0 Å². The van der Waals surface area contributed by atoms with Crippen molar-refractivity contribution in [1.29, 1.82) is 0 Å². The van der Waals surface area contributed by atoms with Crippen LogP contribution in [0.4, 0.5) is 0 Å². The van der Waals surface area contributed by atoms with E-state index < -0.39 is 0 Å². The molecule has 7 nitrogen and oxygen atoms in total. The lowest BCUT2D eigenvalue weighted by Crippen LogP contribution is -2.35. The largest absolute Gasteiger partial charge is 0.497 e. The summed E-state index contributed by atoms with van der Waals surface area (Å²) in [6.07, 6.45) is 2.06. The molecule has 1 aliphatic carbocycles. The standard InChI is InChI=1S/C20H20ClN5O2/c1-28-18-9-5-14(6-10-18)12-25(17-7-8-17)19(27)13-26-23-20(22-24-26)15-3-2-4-16(21)11-15/h2-6,9-11,17H,7-8,12-13H2,1H3. The number of benzene rings is 2. The van der Waals surface area contributed by atoms with Crippen LogP contribution in [0, 0.1) is 0 Å². The topological polar surface area (TPSA) is 73.1 Å². The summed E-state index contributed by atoms with van der Waals surface area (Å²) in [5.41, 5.74) is 1.83. The maximum absolute atomic E-state index is 12.9. The normalized spacial score (nSPS) is 13.4. The Bertz CT molecular complexity index is 969. The second-order valence-electron chi connectivity index (χ2n) is 6.75. The van der Waals surface area contributed by atoms with E-state index in [-0.39, 0.29) is 18.5 Å². The Morgan fingerprint density at radius 3 is 2.71 bits per heavy atom. The first-order valence-electron chi connectivity index (χ1n) is 9.08. The zero-order valence-corrected chi connectivity index (χ0v) is 16.2. The third-order valence-electron chi connectivity index (χ3n) is 4.63. The average molecular weight is 398 g/mol. The SMILES string of the molecule is COc1ccc(CN(C(=O)Cn2nnc(-c3cccc(Cl)c3)n2)C2CC2)cc1. The maximum Gasteiger partial charge on any atom is 0.246 e. The van der Waals surface area contributed by atoms with E-state index in [1.54, 1.807) is 19.2 Å². The number of aromatic nitrogens is 4. The molecule has 0 unspecified atom stereocenters. The summed E-state index contributed by atoms with van der Waals surface area (Å²) in [7, 11) is 1.64. The van der Waals surface area contributed by atoms with E-state index in [2.05, 4.69) is 15.4 Å². The Labute approximate surface area is 167 Å². The van der Waals surface area contributed by atoms with Crippen LogP contribution in [0.1, 0.15) is 18.4 Å². The maximum atomic E-state index is 12.9. The first kappa shape index (κ1) is 18.4. The molecule has 2 aromatic carbocycles. The summed E-state index contributed by atoms with van der Waals surface area (Å²) in [6.45, 7) is 0.615. The molecule has 1 aliphatic rings. The highest BCUT2D eigenvalue weighted by Crippen LogP contribution is 2.29. The van der Waals surface area contributed by atoms with Gasteiger partial charge in [-0.15, -0.1) is 10.2 Å². The van der Waals surface area contributed by atoms with Crippen molar-refractivity contribution >= 4 is 17.5 Å². The zero-order valence-electron chi connectivity index (χ0n) is 15.5. The van der Waals surface area contributed by atoms with Crippen LogP contribution in [0.2, 0.25) is 5.02 Å². The number of hydrogen-bond donors (Lipinski definition) is 0. The molecular formula is C20H20ClN5O2. The van der Waals surface area contributed by atoms with E-state index >= 15 is 0 Å². The number of hydrogen-bond acceptors (Lipinski definition) is 5. The number of methoxy groups -OCH3 is 1. The molecule has 0 aliphatic heterocycles. The summed E-state index contributed by atoms with van der Waals surface area (Å²) in [4.78, 5) is 16.1. The molecule has 0 atom stereocenters. The van der Waals surface area contributed by atoms with Crippen LogP contribution in [-0.2, 0) is 17.9 Å². The van der Waals surface area contributed by atoms with Gasteiger partial charge < -0.3 is 9.64 Å². The predicted octanol–water partition coefficient (Wildman–Crippen LogP) is 3.19. The first-order chi connectivity index (χ1) is 13.6. The van der Waals surface area contributed by atoms with Crippen molar-refractivity contribution in [1.82, 2.24) is 25.1 Å². The number of halogens is 1. The molecule has 1 amide bonds. The zero-order chi connectivity index (χ0) is 19.5. The molecule has 1 heterocycles. The number of rotatable bonds is 7. The molecular weight excluding hydrogens is 378 g/mol. The van der Waals surface area contributed by atoms with Crippen LogP contribution in [-0.4, -0.2) is 44.2 Å². The Kier molecular flexibility index (Phi) is 5.25. The number of carbonyl (C=O) groups is 1. The average Bonchev–Trinajstić information content (AvgIpc) is 3.44. The Balaban J connectivity index is 1.45. The number of nitrogens with zero attached hydrogens (tertiary/aromatic N) is 5. The highest BCUT2D eigenvalue weighted by Gasteiger charge is 2.32. The van der Waals surface area contributed by atoms with Crippen molar-refractivity contribution in [3.05, 3.63) is 59.1 Å². The summed E-state index contributed by atoms with van der Waals surface area (Å²) in [5, 5.41) is 13.0. The van der Waals surface area contributed by atoms with Crippen LogP contribution in [0.5, 0.6) is 5.75 Å². The van der Waals surface area contributed by atoms with E-state index in [9.17, 15) is 4.79 Å². The molecule has 1 saturated carbocycles. The van der Waals surface area contributed by atoms with Gasteiger partial charge in [-0.25, -0.2) is 0 Å². The molecule has 0 bridgehead atoms. The van der Waals surface area contributed by atoms with E-state index in [1.807, 2.05) is 41.3 Å². The Morgan fingerprint density at radius 2 is 2.04 bits per heavy atom. The predicted molar refractivity (Wildman–Crippen MR) is 105 cm³/mol. The molecule has 28 heavy (non-hydrogen) atoms. The fourth-order valence-corrected chi connectivity index (χ4v) is 3.19. The van der Waals surface area contributed by atoms with Crippen molar-refractivity contribution in [2.75, 3.05) is 7.11 Å². The highest BCUT2D eigenvalue weighted by molar-refractivity contribution is 6.30. The smallest absolute Gasteiger partial charge is 0.246 e. The molecule has 0 radical (unpaired) electrons. The fraction of sp³-hybridized carbons (Fsp3) is 0.300. The second-order valence-corrected chi connectivity index (χ2v) is 7.19. The third kappa shape index (κ3) is 4.31. The summed E-state index contributed by atoms with van der Waals surface area (Å²) >= 11 is 6.01. The van der Waals surface area contributed by atoms with E-state index in [0.29, 0.717) is 17.4 Å². The van der Waals surface area contributed by atoms with Gasteiger partial charge in [-0.3, -0.25) is 4.79 Å². The number of carbonyl (C=O) groups excluding carboxylic acids is 1. The van der Waals surface area contributed by atoms with Gasteiger partial charge in [0.15, 0.2) is 0 Å². The van der Waals surface area contributed by atoms with Crippen LogP contribution in [0.25, 0.3) is 11.4 Å². The quantitative estimate of drug-likeness (QED) is 0.612. The van der Waals surface area contributed by atoms with E-state index in [0.717, 1.165) is 29.7 Å². The lowest BCUT2D eigenvalue weighted by atomic mass is 10.2. The van der Waals surface area contributed by atoms with Gasteiger partial charge in [-0.05, 0) is 47.9 Å². The van der Waals surface area contributed by atoms with Crippen LogP contribution in [0.3, 0.4) is 0 Å². The second kappa shape index (κ2) is 7.98. The lowest BCUT2D eigenvalue weighted by molar-refractivity contribution is -0.133. The van der Waals surface area contributed by atoms with Gasteiger partial charge in [0.2, 0.25) is 11.7 Å². The molecule has 1 aromatic heterocycles. The van der Waals surface area contributed by atoms with Gasteiger partial charge >= 0.3 is 0 Å². The molecule has 1 fully saturated rings.